The highest BCUT2D eigenvalue weighted by atomic mass is 16.2. The minimum absolute atomic E-state index is 0.00237. The second-order valence-electron chi connectivity index (χ2n) is 7.03. The third kappa shape index (κ3) is 3.24. The summed E-state index contributed by atoms with van der Waals surface area (Å²) in [6.07, 6.45) is 7.17. The Kier molecular flexibility index (Phi) is 5.28. The Labute approximate surface area is 128 Å². The monoisotopic (exact) mass is 294 g/mol. The minimum Gasteiger partial charge on any atom is -0.342 e. The summed E-state index contributed by atoms with van der Waals surface area (Å²) in [5, 5.41) is 2.90. The molecule has 1 N–H and O–H groups in total. The van der Waals surface area contributed by atoms with Crippen molar-refractivity contribution in [3.05, 3.63) is 0 Å². The summed E-state index contributed by atoms with van der Waals surface area (Å²) in [6, 6.07) is -0.467. The first-order chi connectivity index (χ1) is 9.97. The first kappa shape index (κ1) is 16.3. The van der Waals surface area contributed by atoms with E-state index in [9.17, 15) is 9.59 Å². The molecule has 3 unspecified atom stereocenters. The van der Waals surface area contributed by atoms with Gasteiger partial charge in [0.1, 0.15) is 12.1 Å². The number of carbonyl (C=O) groups excluding carboxylic acids is 2. The van der Waals surface area contributed by atoms with Crippen molar-refractivity contribution in [2.45, 2.75) is 84.3 Å². The summed E-state index contributed by atoms with van der Waals surface area (Å²) in [5.41, 5.74) is 0. The van der Waals surface area contributed by atoms with Crippen molar-refractivity contribution >= 4 is 11.8 Å². The van der Waals surface area contributed by atoms with Gasteiger partial charge in [-0.25, -0.2) is 0 Å². The molecule has 1 saturated carbocycles. The largest absolute Gasteiger partial charge is 0.342 e. The Hall–Kier alpha value is -1.06. The lowest BCUT2D eigenvalue weighted by Crippen LogP contribution is -2.67. The van der Waals surface area contributed by atoms with E-state index in [0.717, 1.165) is 6.42 Å². The first-order valence-corrected chi connectivity index (χ1v) is 8.59. The molecule has 1 saturated heterocycles. The molecule has 0 aromatic carbocycles. The van der Waals surface area contributed by atoms with Crippen molar-refractivity contribution in [3.8, 4) is 0 Å². The SMILES string of the molecule is CCC(C1CCCCC1)N1C(=O)C(C(C)C)NC(=O)C1C. The van der Waals surface area contributed by atoms with Crippen LogP contribution in [-0.2, 0) is 9.59 Å². The Balaban J connectivity index is 2.23. The van der Waals surface area contributed by atoms with Gasteiger partial charge < -0.3 is 10.2 Å². The second kappa shape index (κ2) is 6.80. The van der Waals surface area contributed by atoms with E-state index in [1.165, 1.54) is 32.1 Å². The van der Waals surface area contributed by atoms with Gasteiger partial charge in [0.05, 0.1) is 0 Å². The van der Waals surface area contributed by atoms with Crippen molar-refractivity contribution < 1.29 is 9.59 Å². The molecule has 4 heteroatoms. The van der Waals surface area contributed by atoms with Crippen LogP contribution in [0.5, 0.6) is 0 Å². The molecule has 0 radical (unpaired) electrons. The summed E-state index contributed by atoms with van der Waals surface area (Å²) in [4.78, 5) is 27.1. The van der Waals surface area contributed by atoms with E-state index in [2.05, 4.69) is 12.2 Å². The quantitative estimate of drug-likeness (QED) is 0.866. The van der Waals surface area contributed by atoms with E-state index < -0.39 is 0 Å². The Morgan fingerprint density at radius 1 is 1.19 bits per heavy atom. The average Bonchev–Trinajstić information content (AvgIpc) is 2.48. The molecule has 4 nitrogen and oxygen atoms in total. The Morgan fingerprint density at radius 2 is 1.81 bits per heavy atom. The molecule has 1 aliphatic carbocycles. The third-order valence-electron chi connectivity index (χ3n) is 5.25. The number of nitrogens with zero attached hydrogens (tertiary/aromatic N) is 1. The van der Waals surface area contributed by atoms with E-state index in [-0.39, 0.29) is 35.9 Å². The fourth-order valence-corrected chi connectivity index (χ4v) is 3.99. The van der Waals surface area contributed by atoms with Gasteiger partial charge in [-0.05, 0) is 38.0 Å². The molecule has 2 fully saturated rings. The smallest absolute Gasteiger partial charge is 0.246 e. The zero-order chi connectivity index (χ0) is 15.6. The fourth-order valence-electron chi connectivity index (χ4n) is 3.99. The van der Waals surface area contributed by atoms with Crippen molar-refractivity contribution in [1.82, 2.24) is 10.2 Å². The lowest BCUT2D eigenvalue weighted by atomic mass is 9.81. The molecule has 21 heavy (non-hydrogen) atoms. The van der Waals surface area contributed by atoms with E-state index in [1.54, 1.807) is 0 Å². The summed E-state index contributed by atoms with van der Waals surface area (Å²) < 4.78 is 0. The van der Waals surface area contributed by atoms with Crippen molar-refractivity contribution in [2.24, 2.45) is 11.8 Å². The maximum absolute atomic E-state index is 12.9. The average molecular weight is 294 g/mol. The molecule has 1 aliphatic heterocycles. The topological polar surface area (TPSA) is 49.4 Å². The lowest BCUT2D eigenvalue weighted by Gasteiger charge is -2.46. The predicted molar refractivity (Wildman–Crippen MR) is 83.7 cm³/mol. The van der Waals surface area contributed by atoms with Gasteiger partial charge in [-0.15, -0.1) is 0 Å². The number of hydrogen-bond acceptors (Lipinski definition) is 2. The number of amides is 2. The predicted octanol–water partition coefficient (Wildman–Crippen LogP) is 2.72. The molecule has 2 rings (SSSR count). The molecule has 1 heterocycles. The number of rotatable bonds is 4. The molecule has 120 valence electrons. The van der Waals surface area contributed by atoms with Crippen LogP contribution in [0.25, 0.3) is 0 Å². The normalized spacial score (nSPS) is 29.7. The van der Waals surface area contributed by atoms with Gasteiger partial charge in [-0.2, -0.15) is 0 Å². The zero-order valence-electron chi connectivity index (χ0n) is 13.9. The molecule has 2 amide bonds. The van der Waals surface area contributed by atoms with Gasteiger partial charge in [-0.3, -0.25) is 9.59 Å². The van der Waals surface area contributed by atoms with Crippen LogP contribution in [0.2, 0.25) is 0 Å². The molecule has 0 aromatic heterocycles. The van der Waals surface area contributed by atoms with E-state index in [4.69, 9.17) is 0 Å². The van der Waals surface area contributed by atoms with Crippen LogP contribution in [0.3, 0.4) is 0 Å². The molecule has 0 aromatic rings. The molecular weight excluding hydrogens is 264 g/mol. The van der Waals surface area contributed by atoms with Crippen LogP contribution < -0.4 is 5.32 Å². The number of hydrogen-bond donors (Lipinski definition) is 1. The van der Waals surface area contributed by atoms with Gasteiger partial charge in [-0.1, -0.05) is 40.0 Å². The van der Waals surface area contributed by atoms with Gasteiger partial charge >= 0.3 is 0 Å². The second-order valence-corrected chi connectivity index (χ2v) is 7.03. The molecule has 0 bridgehead atoms. The lowest BCUT2D eigenvalue weighted by molar-refractivity contribution is -0.154. The number of piperazine rings is 1. The number of nitrogens with one attached hydrogen (secondary N) is 1. The third-order valence-corrected chi connectivity index (χ3v) is 5.25. The maximum Gasteiger partial charge on any atom is 0.246 e. The van der Waals surface area contributed by atoms with Crippen LogP contribution in [0.4, 0.5) is 0 Å². The summed E-state index contributed by atoms with van der Waals surface area (Å²) in [6.45, 7) is 8.02. The molecule has 2 aliphatic rings. The Bertz CT molecular complexity index is 388. The van der Waals surface area contributed by atoms with Gasteiger partial charge in [0, 0.05) is 6.04 Å². The molecular formula is C17H30N2O2. The highest BCUT2D eigenvalue weighted by Gasteiger charge is 2.44. The summed E-state index contributed by atoms with van der Waals surface area (Å²) >= 11 is 0. The maximum atomic E-state index is 12.9. The van der Waals surface area contributed by atoms with E-state index in [1.807, 2.05) is 25.7 Å². The summed E-state index contributed by atoms with van der Waals surface area (Å²) in [7, 11) is 0. The van der Waals surface area contributed by atoms with E-state index >= 15 is 0 Å². The van der Waals surface area contributed by atoms with Crippen LogP contribution in [0, 0.1) is 11.8 Å². The highest BCUT2D eigenvalue weighted by Crippen LogP contribution is 2.33. The minimum atomic E-state index is -0.355. The van der Waals surface area contributed by atoms with E-state index in [0.29, 0.717) is 5.92 Å². The Morgan fingerprint density at radius 3 is 2.33 bits per heavy atom. The van der Waals surface area contributed by atoms with Crippen molar-refractivity contribution in [2.75, 3.05) is 0 Å². The molecule has 0 spiro atoms. The highest BCUT2D eigenvalue weighted by molar-refractivity contribution is 5.97. The molecule has 3 atom stereocenters. The first-order valence-electron chi connectivity index (χ1n) is 8.59. The van der Waals surface area contributed by atoms with Gasteiger partial charge in [0.15, 0.2) is 0 Å². The van der Waals surface area contributed by atoms with Crippen LogP contribution in [0.1, 0.15) is 66.2 Å². The van der Waals surface area contributed by atoms with Gasteiger partial charge in [0.2, 0.25) is 11.8 Å². The van der Waals surface area contributed by atoms with Gasteiger partial charge in [0.25, 0.3) is 0 Å². The zero-order valence-corrected chi connectivity index (χ0v) is 13.9. The van der Waals surface area contributed by atoms with Crippen LogP contribution >= 0.6 is 0 Å². The summed E-state index contributed by atoms with van der Waals surface area (Å²) in [5.74, 6) is 0.825. The van der Waals surface area contributed by atoms with Crippen molar-refractivity contribution in [1.29, 1.82) is 0 Å². The fraction of sp³-hybridized carbons (Fsp3) is 0.882. The van der Waals surface area contributed by atoms with Crippen LogP contribution in [0.15, 0.2) is 0 Å². The number of carbonyl (C=O) groups is 2. The van der Waals surface area contributed by atoms with Crippen LogP contribution in [-0.4, -0.2) is 34.8 Å². The van der Waals surface area contributed by atoms with Crippen molar-refractivity contribution in [3.63, 3.8) is 0 Å². The standard InChI is InChI=1S/C17H30N2O2/c1-5-14(13-9-7-6-8-10-13)19-12(4)16(20)18-15(11(2)3)17(19)21/h11-15H,5-10H2,1-4H3,(H,18,20).